The Morgan fingerprint density at radius 1 is 1.17 bits per heavy atom. The first kappa shape index (κ1) is 13.6. The van der Waals surface area contributed by atoms with Crippen LogP contribution in [0.1, 0.15) is 38.5 Å². The van der Waals surface area contributed by atoms with Gasteiger partial charge in [-0.05, 0) is 38.0 Å². The highest BCUT2D eigenvalue weighted by atomic mass is 16.5. The number of carboxylic acids is 1. The molecule has 4 atom stereocenters. The van der Waals surface area contributed by atoms with Crippen molar-refractivity contribution >= 4 is 5.97 Å². The summed E-state index contributed by atoms with van der Waals surface area (Å²) in [6.45, 7) is 0.231. The van der Waals surface area contributed by atoms with Crippen molar-refractivity contribution in [2.45, 2.75) is 50.7 Å². The van der Waals surface area contributed by atoms with Crippen molar-refractivity contribution in [3.05, 3.63) is 12.2 Å². The molecule has 0 aromatic carbocycles. The second kappa shape index (κ2) is 6.34. The smallest absolute Gasteiger partial charge is 0.303 e. The molecule has 102 valence electrons. The van der Waals surface area contributed by atoms with E-state index >= 15 is 0 Å². The van der Waals surface area contributed by atoms with Crippen LogP contribution in [0.15, 0.2) is 12.2 Å². The van der Waals surface area contributed by atoms with E-state index in [9.17, 15) is 9.90 Å². The van der Waals surface area contributed by atoms with Gasteiger partial charge >= 0.3 is 5.97 Å². The largest absolute Gasteiger partial charge is 0.481 e. The van der Waals surface area contributed by atoms with Gasteiger partial charge in [0, 0.05) is 18.9 Å². The second-order valence-corrected chi connectivity index (χ2v) is 5.28. The van der Waals surface area contributed by atoms with E-state index in [0.29, 0.717) is 24.4 Å². The van der Waals surface area contributed by atoms with Gasteiger partial charge in [-0.3, -0.25) is 4.79 Å². The molecule has 0 aromatic rings. The average molecular weight is 254 g/mol. The molecule has 0 spiro atoms. The Bertz CT molecular complexity index is 313. The standard InChI is InChI=1S/C14H22O4/c15-9-11-10(12-7-8-13(11)18-12)5-3-1-2-4-6-14(16)17/h1-2,10-13,15H,3-9H2,(H,16,17)/t10-,11+,12-,13+/m0/s1. The van der Waals surface area contributed by atoms with Gasteiger partial charge in [0.25, 0.3) is 0 Å². The first-order valence-electron chi connectivity index (χ1n) is 6.85. The Kier molecular flexibility index (Phi) is 4.78. The molecule has 4 heteroatoms. The van der Waals surface area contributed by atoms with Crippen LogP contribution in [-0.2, 0) is 9.53 Å². The third-order valence-electron chi connectivity index (χ3n) is 4.16. The highest BCUT2D eigenvalue weighted by molar-refractivity contribution is 5.66. The summed E-state index contributed by atoms with van der Waals surface area (Å²) in [4.78, 5) is 10.3. The van der Waals surface area contributed by atoms with Crippen LogP contribution in [0.2, 0.25) is 0 Å². The quantitative estimate of drug-likeness (QED) is 0.682. The zero-order chi connectivity index (χ0) is 13.0. The molecule has 2 fully saturated rings. The zero-order valence-corrected chi connectivity index (χ0v) is 10.6. The Morgan fingerprint density at radius 3 is 2.50 bits per heavy atom. The Labute approximate surface area is 108 Å². The maximum atomic E-state index is 10.3. The average Bonchev–Trinajstić information content (AvgIpc) is 2.93. The van der Waals surface area contributed by atoms with Crippen LogP contribution in [0.5, 0.6) is 0 Å². The number of carboxylic acid groups (broad SMARTS) is 1. The maximum Gasteiger partial charge on any atom is 0.303 e. The molecule has 2 aliphatic rings. The van der Waals surface area contributed by atoms with Gasteiger partial charge < -0.3 is 14.9 Å². The SMILES string of the molecule is O=C(O)CCC=CCC[C@H]1[C@@H](CO)[C@H]2CC[C@@H]1O2. The molecule has 2 rings (SSSR count). The normalized spacial score (nSPS) is 34.5. The van der Waals surface area contributed by atoms with Crippen molar-refractivity contribution in [1.29, 1.82) is 0 Å². The van der Waals surface area contributed by atoms with Crippen molar-refractivity contribution in [2.75, 3.05) is 6.61 Å². The fraction of sp³-hybridized carbons (Fsp3) is 0.786. The number of allylic oxidation sites excluding steroid dienone is 2. The number of aliphatic hydroxyl groups excluding tert-OH is 1. The zero-order valence-electron chi connectivity index (χ0n) is 10.6. The summed E-state index contributed by atoms with van der Waals surface area (Å²) in [7, 11) is 0. The molecule has 0 unspecified atom stereocenters. The molecule has 2 heterocycles. The topological polar surface area (TPSA) is 66.8 Å². The molecular weight excluding hydrogens is 232 g/mol. The van der Waals surface area contributed by atoms with Gasteiger partial charge in [-0.15, -0.1) is 0 Å². The number of hydrogen-bond donors (Lipinski definition) is 2. The summed E-state index contributed by atoms with van der Waals surface area (Å²) in [5.74, 6) is 0.0514. The fourth-order valence-corrected chi connectivity index (χ4v) is 3.25. The van der Waals surface area contributed by atoms with Crippen LogP contribution in [0.25, 0.3) is 0 Å². The van der Waals surface area contributed by atoms with Crippen molar-refractivity contribution < 1.29 is 19.7 Å². The number of ether oxygens (including phenoxy) is 1. The first-order chi connectivity index (χ1) is 8.72. The Balaban J connectivity index is 1.68. The summed E-state index contributed by atoms with van der Waals surface area (Å²) in [5.41, 5.74) is 0. The fourth-order valence-electron chi connectivity index (χ4n) is 3.25. The third kappa shape index (κ3) is 3.12. The van der Waals surface area contributed by atoms with Gasteiger partial charge in [0.15, 0.2) is 0 Å². The minimum Gasteiger partial charge on any atom is -0.481 e. The minimum absolute atomic E-state index is 0.201. The van der Waals surface area contributed by atoms with E-state index in [2.05, 4.69) is 6.08 Å². The highest BCUT2D eigenvalue weighted by Gasteiger charge is 2.47. The summed E-state index contributed by atoms with van der Waals surface area (Å²) in [5, 5.41) is 17.9. The molecule has 0 amide bonds. The lowest BCUT2D eigenvalue weighted by Crippen LogP contribution is -2.29. The van der Waals surface area contributed by atoms with Crippen molar-refractivity contribution in [2.24, 2.45) is 11.8 Å². The Morgan fingerprint density at radius 2 is 1.83 bits per heavy atom. The number of rotatable bonds is 7. The van der Waals surface area contributed by atoms with Gasteiger partial charge in [0.2, 0.25) is 0 Å². The Hall–Kier alpha value is -0.870. The molecule has 0 radical (unpaired) electrons. The van der Waals surface area contributed by atoms with Crippen molar-refractivity contribution in [1.82, 2.24) is 0 Å². The van der Waals surface area contributed by atoms with Crippen LogP contribution in [0.3, 0.4) is 0 Å². The molecule has 4 nitrogen and oxygen atoms in total. The number of carbonyl (C=O) groups is 1. The summed E-state index contributed by atoms with van der Waals surface area (Å²) in [6.07, 6.45) is 9.65. The van der Waals surface area contributed by atoms with Crippen LogP contribution < -0.4 is 0 Å². The second-order valence-electron chi connectivity index (χ2n) is 5.28. The summed E-state index contributed by atoms with van der Waals surface area (Å²) in [6, 6.07) is 0. The number of aliphatic carboxylic acids is 1. The molecule has 0 aliphatic carbocycles. The van der Waals surface area contributed by atoms with Crippen LogP contribution in [-0.4, -0.2) is 35.0 Å². The van der Waals surface area contributed by atoms with Crippen LogP contribution in [0, 0.1) is 11.8 Å². The number of aliphatic hydroxyl groups is 1. The molecule has 0 saturated carbocycles. The molecule has 2 saturated heterocycles. The van der Waals surface area contributed by atoms with Crippen molar-refractivity contribution in [3.8, 4) is 0 Å². The maximum absolute atomic E-state index is 10.3. The molecule has 2 N–H and O–H groups in total. The molecule has 18 heavy (non-hydrogen) atoms. The highest BCUT2D eigenvalue weighted by Crippen LogP contribution is 2.45. The predicted molar refractivity (Wildman–Crippen MR) is 67.2 cm³/mol. The van der Waals surface area contributed by atoms with E-state index in [1.807, 2.05) is 6.08 Å². The van der Waals surface area contributed by atoms with E-state index in [0.717, 1.165) is 25.7 Å². The van der Waals surface area contributed by atoms with Gasteiger partial charge in [-0.2, -0.15) is 0 Å². The lowest BCUT2D eigenvalue weighted by atomic mass is 9.77. The molecule has 2 bridgehead atoms. The lowest BCUT2D eigenvalue weighted by Gasteiger charge is -2.25. The third-order valence-corrected chi connectivity index (χ3v) is 4.16. The van der Waals surface area contributed by atoms with Crippen molar-refractivity contribution in [3.63, 3.8) is 0 Å². The molecular formula is C14H22O4. The predicted octanol–water partition coefficient (Wildman–Crippen LogP) is 1.97. The van der Waals surface area contributed by atoms with Gasteiger partial charge in [0.05, 0.1) is 12.2 Å². The monoisotopic (exact) mass is 254 g/mol. The van der Waals surface area contributed by atoms with Crippen LogP contribution >= 0.6 is 0 Å². The number of fused-ring (bicyclic) bond motifs is 2. The van der Waals surface area contributed by atoms with Gasteiger partial charge in [-0.25, -0.2) is 0 Å². The summed E-state index contributed by atoms with van der Waals surface area (Å²) >= 11 is 0. The van der Waals surface area contributed by atoms with E-state index < -0.39 is 5.97 Å². The van der Waals surface area contributed by atoms with Gasteiger partial charge in [-0.1, -0.05) is 12.2 Å². The van der Waals surface area contributed by atoms with E-state index in [-0.39, 0.29) is 19.1 Å². The van der Waals surface area contributed by atoms with Gasteiger partial charge in [0.1, 0.15) is 0 Å². The minimum atomic E-state index is -0.749. The lowest BCUT2D eigenvalue weighted by molar-refractivity contribution is -0.136. The first-order valence-corrected chi connectivity index (χ1v) is 6.85. The molecule has 2 aliphatic heterocycles. The molecule has 0 aromatic heterocycles. The number of hydrogen-bond acceptors (Lipinski definition) is 3. The van der Waals surface area contributed by atoms with E-state index in [1.165, 1.54) is 0 Å². The summed E-state index contributed by atoms with van der Waals surface area (Å²) < 4.78 is 5.84. The van der Waals surface area contributed by atoms with E-state index in [4.69, 9.17) is 9.84 Å². The van der Waals surface area contributed by atoms with E-state index in [1.54, 1.807) is 0 Å². The van der Waals surface area contributed by atoms with Crippen LogP contribution in [0.4, 0.5) is 0 Å².